The van der Waals surface area contributed by atoms with Crippen LogP contribution < -0.4 is 5.32 Å². The van der Waals surface area contributed by atoms with Crippen molar-refractivity contribution in [2.45, 2.75) is 38.3 Å². The van der Waals surface area contributed by atoms with Crippen molar-refractivity contribution in [2.75, 3.05) is 5.32 Å². The van der Waals surface area contributed by atoms with Gasteiger partial charge in [-0.1, -0.05) is 0 Å². The summed E-state index contributed by atoms with van der Waals surface area (Å²) >= 11 is 0. The van der Waals surface area contributed by atoms with Crippen LogP contribution in [-0.4, -0.2) is 17.3 Å². The molecule has 2 nitrogen and oxygen atoms in total. The van der Waals surface area contributed by atoms with Gasteiger partial charge in [-0.25, -0.2) is 8.78 Å². The summed E-state index contributed by atoms with van der Waals surface area (Å²) in [6, 6.07) is 2.14. The van der Waals surface area contributed by atoms with Crippen LogP contribution in [-0.2, 0) is 0 Å². The van der Waals surface area contributed by atoms with Crippen molar-refractivity contribution >= 4 is 5.69 Å². The average molecular weight is 227 g/mol. The molecule has 2 atom stereocenters. The lowest BCUT2D eigenvalue weighted by molar-refractivity contribution is 0.171. The van der Waals surface area contributed by atoms with E-state index in [0.29, 0.717) is 6.42 Å². The van der Waals surface area contributed by atoms with Crippen LogP contribution in [0.25, 0.3) is 0 Å². The number of benzene rings is 1. The highest BCUT2D eigenvalue weighted by molar-refractivity contribution is 5.48. The summed E-state index contributed by atoms with van der Waals surface area (Å²) in [4.78, 5) is 0. The molecule has 2 N–H and O–H groups in total. The summed E-state index contributed by atoms with van der Waals surface area (Å²) in [6.07, 6.45) is 1.95. The maximum atomic E-state index is 13.5. The van der Waals surface area contributed by atoms with Crippen molar-refractivity contribution in [1.82, 2.24) is 0 Å². The minimum atomic E-state index is -0.474. The standard InChI is InChI=1S/C12H15F2NO/c1-7-5-9(14)11(6-8(7)13)15-10-3-2-4-12(10)16/h5-6,10,12,15-16H,2-4H2,1H3. The molecule has 0 aliphatic heterocycles. The van der Waals surface area contributed by atoms with Gasteiger partial charge in [0.1, 0.15) is 11.6 Å². The highest BCUT2D eigenvalue weighted by Gasteiger charge is 2.25. The molecule has 1 aliphatic rings. The number of hydrogen-bond donors (Lipinski definition) is 2. The van der Waals surface area contributed by atoms with Crippen LogP contribution in [0.4, 0.5) is 14.5 Å². The first-order chi connectivity index (χ1) is 7.58. The second-order valence-corrected chi connectivity index (χ2v) is 4.33. The lowest BCUT2D eigenvalue weighted by Crippen LogP contribution is -2.28. The van der Waals surface area contributed by atoms with E-state index in [9.17, 15) is 13.9 Å². The van der Waals surface area contributed by atoms with Crippen LogP contribution in [0, 0.1) is 18.6 Å². The molecular weight excluding hydrogens is 212 g/mol. The molecule has 2 unspecified atom stereocenters. The van der Waals surface area contributed by atoms with Crippen LogP contribution in [0.2, 0.25) is 0 Å². The molecule has 0 radical (unpaired) electrons. The molecule has 1 aromatic rings. The minimum Gasteiger partial charge on any atom is -0.391 e. The van der Waals surface area contributed by atoms with Crippen molar-refractivity contribution in [3.05, 3.63) is 29.3 Å². The number of nitrogens with one attached hydrogen (secondary N) is 1. The predicted molar refractivity (Wildman–Crippen MR) is 58.4 cm³/mol. The first kappa shape index (κ1) is 11.3. The predicted octanol–water partition coefficient (Wildman–Crippen LogP) is 2.60. The maximum Gasteiger partial charge on any atom is 0.146 e. The monoisotopic (exact) mass is 227 g/mol. The lowest BCUT2D eigenvalue weighted by atomic mass is 10.1. The van der Waals surface area contributed by atoms with E-state index in [2.05, 4.69) is 5.32 Å². The van der Waals surface area contributed by atoms with Crippen LogP contribution in [0.5, 0.6) is 0 Å². The highest BCUT2D eigenvalue weighted by atomic mass is 19.1. The molecule has 0 spiro atoms. The number of halogens is 2. The van der Waals surface area contributed by atoms with Gasteiger partial charge in [-0.15, -0.1) is 0 Å². The van der Waals surface area contributed by atoms with Gasteiger partial charge in [-0.2, -0.15) is 0 Å². The number of anilines is 1. The van der Waals surface area contributed by atoms with Gasteiger partial charge in [0.25, 0.3) is 0 Å². The molecule has 16 heavy (non-hydrogen) atoms. The van der Waals surface area contributed by atoms with Gasteiger partial charge in [0.2, 0.25) is 0 Å². The van der Waals surface area contributed by atoms with Crippen LogP contribution in [0.1, 0.15) is 24.8 Å². The first-order valence-electron chi connectivity index (χ1n) is 5.48. The van der Waals surface area contributed by atoms with E-state index < -0.39 is 17.7 Å². The third kappa shape index (κ3) is 2.16. The van der Waals surface area contributed by atoms with Crippen molar-refractivity contribution < 1.29 is 13.9 Å². The van der Waals surface area contributed by atoms with Gasteiger partial charge in [-0.3, -0.25) is 0 Å². The number of hydrogen-bond acceptors (Lipinski definition) is 2. The molecule has 0 aromatic heterocycles. The minimum absolute atomic E-state index is 0.133. The maximum absolute atomic E-state index is 13.5. The number of aliphatic hydroxyl groups is 1. The summed E-state index contributed by atoms with van der Waals surface area (Å²) in [6.45, 7) is 1.52. The molecule has 1 saturated carbocycles. The third-order valence-corrected chi connectivity index (χ3v) is 3.07. The molecule has 1 fully saturated rings. The van der Waals surface area contributed by atoms with E-state index in [1.165, 1.54) is 13.0 Å². The van der Waals surface area contributed by atoms with E-state index in [4.69, 9.17) is 0 Å². The second-order valence-electron chi connectivity index (χ2n) is 4.33. The average Bonchev–Trinajstić information content (AvgIpc) is 2.61. The van der Waals surface area contributed by atoms with Gasteiger partial charge in [0, 0.05) is 6.07 Å². The Morgan fingerprint density at radius 1 is 1.25 bits per heavy atom. The van der Waals surface area contributed by atoms with Crippen molar-refractivity contribution in [3.63, 3.8) is 0 Å². The van der Waals surface area contributed by atoms with Crippen molar-refractivity contribution in [2.24, 2.45) is 0 Å². The van der Waals surface area contributed by atoms with Crippen molar-refractivity contribution in [1.29, 1.82) is 0 Å². The molecule has 0 saturated heterocycles. The largest absolute Gasteiger partial charge is 0.391 e. The molecule has 0 heterocycles. The third-order valence-electron chi connectivity index (χ3n) is 3.07. The van der Waals surface area contributed by atoms with E-state index in [1.54, 1.807) is 0 Å². The molecule has 1 aliphatic carbocycles. The molecule has 4 heteroatoms. The summed E-state index contributed by atoms with van der Waals surface area (Å²) in [7, 11) is 0. The Morgan fingerprint density at radius 2 is 2.00 bits per heavy atom. The zero-order chi connectivity index (χ0) is 11.7. The summed E-state index contributed by atoms with van der Waals surface area (Å²) < 4.78 is 26.8. The van der Waals surface area contributed by atoms with Gasteiger partial charge >= 0.3 is 0 Å². The fourth-order valence-corrected chi connectivity index (χ4v) is 2.07. The van der Waals surface area contributed by atoms with Crippen LogP contribution in [0.3, 0.4) is 0 Å². The van der Waals surface area contributed by atoms with E-state index in [1.807, 2.05) is 0 Å². The number of aryl methyl sites for hydroxylation is 1. The normalized spacial score (nSPS) is 24.8. The smallest absolute Gasteiger partial charge is 0.146 e. The molecule has 1 aromatic carbocycles. The van der Waals surface area contributed by atoms with Gasteiger partial charge in [0.15, 0.2) is 0 Å². The summed E-state index contributed by atoms with van der Waals surface area (Å²) in [5, 5.41) is 12.4. The first-order valence-corrected chi connectivity index (χ1v) is 5.48. The topological polar surface area (TPSA) is 32.3 Å². The van der Waals surface area contributed by atoms with Crippen LogP contribution in [0.15, 0.2) is 12.1 Å². The Bertz CT molecular complexity index is 395. The summed E-state index contributed by atoms with van der Waals surface area (Å²) in [5.41, 5.74) is 0.420. The SMILES string of the molecule is Cc1cc(F)c(NC2CCCC2O)cc1F. The van der Waals surface area contributed by atoms with Gasteiger partial charge in [-0.05, 0) is 37.8 Å². The Balaban J connectivity index is 2.18. The van der Waals surface area contributed by atoms with Gasteiger partial charge in [0.05, 0.1) is 17.8 Å². The highest BCUT2D eigenvalue weighted by Crippen LogP contribution is 2.25. The molecule has 2 rings (SSSR count). The zero-order valence-electron chi connectivity index (χ0n) is 9.13. The van der Waals surface area contributed by atoms with Crippen LogP contribution >= 0.6 is 0 Å². The molecule has 88 valence electrons. The second kappa shape index (κ2) is 4.37. The van der Waals surface area contributed by atoms with E-state index in [-0.39, 0.29) is 17.3 Å². The Morgan fingerprint density at radius 3 is 2.62 bits per heavy atom. The Labute approximate surface area is 93.3 Å². The summed E-state index contributed by atoms with van der Waals surface area (Å²) in [5.74, 6) is -0.908. The van der Waals surface area contributed by atoms with Gasteiger partial charge < -0.3 is 10.4 Å². The number of aliphatic hydroxyl groups excluding tert-OH is 1. The lowest BCUT2D eigenvalue weighted by Gasteiger charge is -2.18. The zero-order valence-corrected chi connectivity index (χ0v) is 9.13. The van der Waals surface area contributed by atoms with Crippen molar-refractivity contribution in [3.8, 4) is 0 Å². The molecule has 0 bridgehead atoms. The molecular formula is C12H15F2NO. The Kier molecular flexibility index (Phi) is 3.10. The van der Waals surface area contributed by atoms with E-state index in [0.717, 1.165) is 18.9 Å². The fourth-order valence-electron chi connectivity index (χ4n) is 2.07. The molecule has 0 amide bonds. The Hall–Kier alpha value is -1.16. The fraction of sp³-hybridized carbons (Fsp3) is 0.500. The number of rotatable bonds is 2. The quantitative estimate of drug-likeness (QED) is 0.814. The van der Waals surface area contributed by atoms with E-state index >= 15 is 0 Å².